The molecule has 1 aromatic carbocycles. The average molecular weight is 316 g/mol. The largest absolute Gasteiger partial charge is 0.347 e. The molecular weight excluding hydrogens is 288 g/mol. The number of hydrogen-bond acceptors (Lipinski definition) is 2. The predicted molar refractivity (Wildman–Crippen MR) is 93.4 cm³/mol. The lowest BCUT2D eigenvalue weighted by atomic mass is 9.81. The highest BCUT2D eigenvalue weighted by molar-refractivity contribution is 5.98. The van der Waals surface area contributed by atoms with Crippen LogP contribution in [0.3, 0.4) is 0 Å². The van der Waals surface area contributed by atoms with Crippen molar-refractivity contribution in [2.24, 2.45) is 11.3 Å². The molecule has 0 spiro atoms. The number of carbonyl (C=O) groups excluding carboxylic acids is 2. The van der Waals surface area contributed by atoms with Crippen LogP contribution in [0.2, 0.25) is 0 Å². The number of hydrogen-bond donors (Lipinski definition) is 2. The van der Waals surface area contributed by atoms with Crippen molar-refractivity contribution >= 4 is 17.5 Å². The molecule has 0 heterocycles. The maximum Gasteiger partial charge on any atom is 0.251 e. The van der Waals surface area contributed by atoms with Crippen LogP contribution in [-0.2, 0) is 4.79 Å². The average Bonchev–Trinajstić information content (AvgIpc) is 3.19. The first-order chi connectivity index (χ1) is 10.6. The molecule has 0 radical (unpaired) electrons. The van der Waals surface area contributed by atoms with E-state index in [1.807, 2.05) is 19.9 Å². The molecule has 1 aromatic rings. The minimum atomic E-state index is -0.289. The summed E-state index contributed by atoms with van der Waals surface area (Å²) in [5.41, 5.74) is 1.10. The standard InChI is InChI=1S/C19H28N2O2/c1-18(2,3)12-19(4,5)21-17(23)14-7-6-8-15(11-14)20-16(22)13-9-10-13/h6-8,11,13H,9-10,12H2,1-5H3,(H,20,22)(H,21,23). The Morgan fingerprint density at radius 1 is 1.13 bits per heavy atom. The number of carbonyl (C=O) groups is 2. The Kier molecular flexibility index (Phi) is 4.83. The van der Waals surface area contributed by atoms with Crippen LogP contribution >= 0.6 is 0 Å². The first-order valence-corrected chi connectivity index (χ1v) is 8.29. The van der Waals surface area contributed by atoms with Crippen molar-refractivity contribution in [3.63, 3.8) is 0 Å². The molecule has 1 saturated carbocycles. The molecule has 2 N–H and O–H groups in total. The van der Waals surface area contributed by atoms with Crippen LogP contribution in [0, 0.1) is 11.3 Å². The van der Waals surface area contributed by atoms with E-state index in [0.717, 1.165) is 19.3 Å². The van der Waals surface area contributed by atoms with Crippen LogP contribution in [0.4, 0.5) is 5.69 Å². The van der Waals surface area contributed by atoms with Gasteiger partial charge in [-0.2, -0.15) is 0 Å². The summed E-state index contributed by atoms with van der Waals surface area (Å²) in [4.78, 5) is 24.3. The summed E-state index contributed by atoms with van der Waals surface area (Å²) in [5, 5.41) is 5.97. The summed E-state index contributed by atoms with van der Waals surface area (Å²) in [6.07, 6.45) is 2.81. The van der Waals surface area contributed by atoms with Gasteiger partial charge in [-0.1, -0.05) is 26.8 Å². The fraction of sp³-hybridized carbons (Fsp3) is 0.579. The summed E-state index contributed by atoms with van der Waals surface area (Å²) >= 11 is 0. The zero-order valence-electron chi connectivity index (χ0n) is 14.8. The van der Waals surface area contributed by atoms with E-state index in [0.29, 0.717) is 11.3 Å². The van der Waals surface area contributed by atoms with E-state index >= 15 is 0 Å². The Morgan fingerprint density at radius 3 is 2.35 bits per heavy atom. The molecule has 4 heteroatoms. The number of nitrogens with one attached hydrogen (secondary N) is 2. The van der Waals surface area contributed by atoms with Gasteiger partial charge >= 0.3 is 0 Å². The minimum absolute atomic E-state index is 0.0515. The third-order valence-electron chi connectivity index (χ3n) is 3.76. The Bertz CT molecular complexity index is 596. The third-order valence-corrected chi connectivity index (χ3v) is 3.76. The number of anilines is 1. The van der Waals surface area contributed by atoms with Crippen molar-refractivity contribution < 1.29 is 9.59 Å². The Hall–Kier alpha value is -1.84. The van der Waals surface area contributed by atoms with Crippen LogP contribution < -0.4 is 10.6 Å². The second-order valence-corrected chi connectivity index (χ2v) is 8.42. The van der Waals surface area contributed by atoms with Crippen LogP contribution in [0.25, 0.3) is 0 Å². The van der Waals surface area contributed by atoms with Gasteiger partial charge in [-0.15, -0.1) is 0 Å². The Morgan fingerprint density at radius 2 is 1.78 bits per heavy atom. The highest BCUT2D eigenvalue weighted by atomic mass is 16.2. The Balaban J connectivity index is 2.02. The maximum atomic E-state index is 12.5. The monoisotopic (exact) mass is 316 g/mol. The van der Waals surface area contributed by atoms with Crippen molar-refractivity contribution in [3.05, 3.63) is 29.8 Å². The molecule has 4 nitrogen and oxygen atoms in total. The summed E-state index contributed by atoms with van der Waals surface area (Å²) < 4.78 is 0. The zero-order valence-corrected chi connectivity index (χ0v) is 14.8. The summed E-state index contributed by atoms with van der Waals surface area (Å²) in [5.74, 6) is 0.0931. The summed E-state index contributed by atoms with van der Waals surface area (Å²) in [6.45, 7) is 10.6. The van der Waals surface area contributed by atoms with Crippen LogP contribution in [0.1, 0.15) is 64.2 Å². The molecule has 2 amide bonds. The topological polar surface area (TPSA) is 58.2 Å². The van der Waals surface area contributed by atoms with Gasteiger partial charge in [0.15, 0.2) is 0 Å². The quantitative estimate of drug-likeness (QED) is 0.863. The molecule has 1 fully saturated rings. The number of amides is 2. The van der Waals surface area contributed by atoms with E-state index in [-0.39, 0.29) is 28.7 Å². The number of rotatable bonds is 5. The second-order valence-electron chi connectivity index (χ2n) is 8.42. The van der Waals surface area contributed by atoms with Gasteiger partial charge in [-0.3, -0.25) is 9.59 Å². The fourth-order valence-electron chi connectivity index (χ4n) is 3.08. The second kappa shape index (κ2) is 6.34. The maximum absolute atomic E-state index is 12.5. The first kappa shape index (κ1) is 17.5. The SMILES string of the molecule is CC(C)(C)CC(C)(C)NC(=O)c1cccc(NC(=O)C2CC2)c1. The fourth-order valence-corrected chi connectivity index (χ4v) is 3.08. The molecule has 1 aliphatic rings. The minimum Gasteiger partial charge on any atom is -0.347 e. The van der Waals surface area contributed by atoms with Crippen molar-refractivity contribution in [3.8, 4) is 0 Å². The molecule has 2 rings (SSSR count). The molecule has 0 bridgehead atoms. The summed E-state index contributed by atoms with van der Waals surface area (Å²) in [7, 11) is 0. The molecular formula is C19H28N2O2. The van der Waals surface area contributed by atoms with Gasteiger partial charge < -0.3 is 10.6 Å². The van der Waals surface area contributed by atoms with Crippen LogP contribution in [-0.4, -0.2) is 17.4 Å². The molecule has 0 aliphatic heterocycles. The number of benzene rings is 1. The van der Waals surface area contributed by atoms with Gasteiger partial charge in [0.1, 0.15) is 0 Å². The molecule has 0 atom stereocenters. The predicted octanol–water partition coefficient (Wildman–Crippen LogP) is 3.98. The van der Waals surface area contributed by atoms with Gasteiger partial charge in [0.2, 0.25) is 5.91 Å². The molecule has 1 aliphatic carbocycles. The lowest BCUT2D eigenvalue weighted by molar-refractivity contribution is -0.117. The lowest BCUT2D eigenvalue weighted by Gasteiger charge is -2.33. The van der Waals surface area contributed by atoms with E-state index < -0.39 is 0 Å². The van der Waals surface area contributed by atoms with Crippen LogP contribution in [0.15, 0.2) is 24.3 Å². The Labute approximate surface area is 139 Å². The van der Waals surface area contributed by atoms with Gasteiger partial charge in [-0.05, 0) is 56.7 Å². The van der Waals surface area contributed by atoms with Crippen molar-refractivity contribution in [2.45, 2.75) is 59.4 Å². The van der Waals surface area contributed by atoms with Crippen molar-refractivity contribution in [1.82, 2.24) is 5.32 Å². The molecule has 23 heavy (non-hydrogen) atoms. The summed E-state index contributed by atoms with van der Waals surface area (Å²) in [6, 6.07) is 7.13. The normalized spacial score (nSPS) is 15.2. The van der Waals surface area contributed by atoms with E-state index in [1.54, 1.807) is 18.2 Å². The zero-order chi connectivity index (χ0) is 17.3. The van der Waals surface area contributed by atoms with Gasteiger partial charge in [0, 0.05) is 22.7 Å². The van der Waals surface area contributed by atoms with Crippen molar-refractivity contribution in [2.75, 3.05) is 5.32 Å². The lowest BCUT2D eigenvalue weighted by Crippen LogP contribution is -2.45. The van der Waals surface area contributed by atoms with Gasteiger partial charge in [0.05, 0.1) is 0 Å². The van der Waals surface area contributed by atoms with Crippen LogP contribution in [0.5, 0.6) is 0 Å². The van der Waals surface area contributed by atoms with E-state index in [1.165, 1.54) is 0 Å². The van der Waals surface area contributed by atoms with E-state index in [9.17, 15) is 9.59 Å². The highest BCUT2D eigenvalue weighted by Crippen LogP contribution is 2.30. The smallest absolute Gasteiger partial charge is 0.251 e. The molecule has 126 valence electrons. The first-order valence-electron chi connectivity index (χ1n) is 8.29. The highest BCUT2D eigenvalue weighted by Gasteiger charge is 2.30. The van der Waals surface area contributed by atoms with Crippen molar-refractivity contribution in [1.29, 1.82) is 0 Å². The molecule has 0 unspecified atom stereocenters. The van der Waals surface area contributed by atoms with Gasteiger partial charge in [0.25, 0.3) is 5.91 Å². The van der Waals surface area contributed by atoms with E-state index in [2.05, 4.69) is 31.4 Å². The van der Waals surface area contributed by atoms with E-state index in [4.69, 9.17) is 0 Å². The molecule has 0 saturated heterocycles. The third kappa shape index (κ3) is 5.70. The van der Waals surface area contributed by atoms with Gasteiger partial charge in [-0.25, -0.2) is 0 Å². The molecule has 0 aromatic heterocycles.